The number of ether oxygens (including phenoxy) is 2. The number of aromatic nitrogens is 2. The number of methoxy groups -OCH3 is 1. The minimum Gasteiger partial charge on any atom is -0.465 e. The molecule has 3 aromatic rings. The highest BCUT2D eigenvalue weighted by atomic mass is 16.5. The van der Waals surface area contributed by atoms with Crippen molar-refractivity contribution in [1.29, 1.82) is 0 Å². The van der Waals surface area contributed by atoms with Gasteiger partial charge in [-0.2, -0.15) is 0 Å². The highest BCUT2D eigenvalue weighted by Crippen LogP contribution is 2.41. The van der Waals surface area contributed by atoms with E-state index in [1.807, 2.05) is 32.0 Å². The first kappa shape index (κ1) is 17.0. The van der Waals surface area contributed by atoms with Crippen molar-refractivity contribution in [3.05, 3.63) is 47.7 Å². The summed E-state index contributed by atoms with van der Waals surface area (Å²) in [7, 11) is 1.34. The Bertz CT molecular complexity index is 870. The van der Waals surface area contributed by atoms with Crippen LogP contribution in [0.4, 0.5) is 0 Å². The monoisotopic (exact) mass is 340 g/mol. The van der Waals surface area contributed by atoms with Crippen LogP contribution in [0.25, 0.3) is 11.1 Å². The first-order valence-electron chi connectivity index (χ1n) is 8.38. The van der Waals surface area contributed by atoms with Gasteiger partial charge in [0.15, 0.2) is 0 Å². The van der Waals surface area contributed by atoms with Crippen molar-refractivity contribution in [2.24, 2.45) is 0 Å². The molecule has 0 spiro atoms. The lowest BCUT2D eigenvalue weighted by Crippen LogP contribution is -2.04. The van der Waals surface area contributed by atoms with Crippen LogP contribution in [0, 0.1) is 0 Å². The van der Waals surface area contributed by atoms with Crippen molar-refractivity contribution in [2.75, 3.05) is 7.11 Å². The fourth-order valence-corrected chi connectivity index (χ4v) is 2.47. The summed E-state index contributed by atoms with van der Waals surface area (Å²) < 4.78 is 15.9. The van der Waals surface area contributed by atoms with E-state index in [1.54, 1.807) is 18.2 Å². The van der Waals surface area contributed by atoms with Gasteiger partial charge in [0.1, 0.15) is 11.1 Å². The van der Waals surface area contributed by atoms with Gasteiger partial charge in [0.05, 0.1) is 12.7 Å². The third-order valence-electron chi connectivity index (χ3n) is 3.79. The number of carbonyl (C=O) groups is 1. The average Bonchev–Trinajstić information content (AvgIpc) is 3.45. The number of para-hydroxylation sites is 1. The van der Waals surface area contributed by atoms with E-state index in [1.165, 1.54) is 7.11 Å². The molecule has 0 N–H and O–H groups in total. The van der Waals surface area contributed by atoms with Gasteiger partial charge >= 0.3 is 5.97 Å². The van der Waals surface area contributed by atoms with E-state index < -0.39 is 5.97 Å². The Kier molecular flexibility index (Phi) is 4.97. The quantitative estimate of drug-likeness (QED) is 0.641. The van der Waals surface area contributed by atoms with Crippen LogP contribution in [0.3, 0.4) is 0 Å². The van der Waals surface area contributed by atoms with Gasteiger partial charge < -0.3 is 14.0 Å². The van der Waals surface area contributed by atoms with Crippen molar-refractivity contribution in [3.8, 4) is 11.6 Å². The number of rotatable bonds is 4. The fraction of sp³-hybridized carbons (Fsp3) is 0.316. The Balaban J connectivity index is 0.000000880. The standard InChI is InChI=1S/C17H14N2O4.C2H6/c1-21-17(20)12-9-13(10-7-8-10)18-15-14(12)16(19-23-15)22-11-5-3-2-4-6-11;1-2/h2-6,9-10H,7-8H2,1H3;1-2H3. The van der Waals surface area contributed by atoms with E-state index >= 15 is 0 Å². The van der Waals surface area contributed by atoms with Gasteiger partial charge in [0.25, 0.3) is 11.6 Å². The molecule has 1 aromatic carbocycles. The van der Waals surface area contributed by atoms with Crippen molar-refractivity contribution < 1.29 is 18.8 Å². The van der Waals surface area contributed by atoms with Crippen LogP contribution in [0.5, 0.6) is 11.6 Å². The van der Waals surface area contributed by atoms with Crippen molar-refractivity contribution >= 4 is 17.1 Å². The van der Waals surface area contributed by atoms with E-state index in [4.69, 9.17) is 14.0 Å². The number of hydrogen-bond acceptors (Lipinski definition) is 6. The van der Waals surface area contributed by atoms with E-state index in [2.05, 4.69) is 10.1 Å². The molecule has 1 aliphatic carbocycles. The van der Waals surface area contributed by atoms with Crippen molar-refractivity contribution in [1.82, 2.24) is 10.1 Å². The van der Waals surface area contributed by atoms with E-state index in [0.717, 1.165) is 18.5 Å². The first-order chi connectivity index (χ1) is 12.3. The maximum absolute atomic E-state index is 12.2. The number of fused-ring (bicyclic) bond motifs is 1. The summed E-state index contributed by atoms with van der Waals surface area (Å²) in [5.41, 5.74) is 1.49. The van der Waals surface area contributed by atoms with Crippen molar-refractivity contribution in [3.63, 3.8) is 0 Å². The molecule has 4 rings (SSSR count). The van der Waals surface area contributed by atoms with Crippen LogP contribution in [-0.2, 0) is 4.74 Å². The summed E-state index contributed by atoms with van der Waals surface area (Å²) in [6.45, 7) is 4.00. The third kappa shape index (κ3) is 3.47. The molecule has 1 aliphatic rings. The number of carbonyl (C=O) groups excluding carboxylic acids is 1. The molecule has 1 saturated carbocycles. The molecular formula is C19H20N2O4. The molecule has 130 valence electrons. The van der Waals surface area contributed by atoms with Crippen LogP contribution < -0.4 is 4.74 Å². The Labute approximate surface area is 145 Å². The zero-order valence-corrected chi connectivity index (χ0v) is 14.5. The van der Waals surface area contributed by atoms with Crippen LogP contribution >= 0.6 is 0 Å². The van der Waals surface area contributed by atoms with Gasteiger partial charge in [0.2, 0.25) is 0 Å². The van der Waals surface area contributed by atoms with Crippen LogP contribution in [0.1, 0.15) is 48.7 Å². The largest absolute Gasteiger partial charge is 0.465 e. The maximum atomic E-state index is 12.2. The molecule has 0 radical (unpaired) electrons. The number of pyridine rings is 1. The lowest BCUT2D eigenvalue weighted by atomic mass is 10.1. The third-order valence-corrected chi connectivity index (χ3v) is 3.79. The van der Waals surface area contributed by atoms with Crippen LogP contribution in [-0.4, -0.2) is 23.2 Å². The number of nitrogens with zero attached hydrogens (tertiary/aromatic N) is 2. The molecular weight excluding hydrogens is 320 g/mol. The van der Waals surface area contributed by atoms with E-state index in [-0.39, 0.29) is 5.88 Å². The predicted octanol–water partition coefficient (Wildman–Crippen LogP) is 4.71. The molecule has 6 heteroatoms. The first-order valence-corrected chi connectivity index (χ1v) is 8.38. The molecule has 6 nitrogen and oxygen atoms in total. The van der Waals surface area contributed by atoms with Gasteiger partial charge in [-0.1, -0.05) is 32.0 Å². The van der Waals surface area contributed by atoms with Gasteiger partial charge in [0, 0.05) is 11.6 Å². The summed E-state index contributed by atoms with van der Waals surface area (Å²) in [6, 6.07) is 10.9. The summed E-state index contributed by atoms with van der Waals surface area (Å²) in [5.74, 6) is 0.734. The van der Waals surface area contributed by atoms with E-state index in [9.17, 15) is 4.79 Å². The Morgan fingerprint density at radius 1 is 1.20 bits per heavy atom. The molecule has 25 heavy (non-hydrogen) atoms. The summed E-state index contributed by atoms with van der Waals surface area (Å²) >= 11 is 0. The minimum atomic E-state index is -0.458. The van der Waals surface area contributed by atoms with Gasteiger partial charge in [-0.3, -0.25) is 0 Å². The number of benzene rings is 1. The molecule has 1 fully saturated rings. The minimum absolute atomic E-state index is 0.210. The highest BCUT2D eigenvalue weighted by Gasteiger charge is 2.29. The topological polar surface area (TPSA) is 74.5 Å². The summed E-state index contributed by atoms with van der Waals surface area (Å²) in [4.78, 5) is 16.6. The summed E-state index contributed by atoms with van der Waals surface area (Å²) in [6.07, 6.45) is 2.14. The average molecular weight is 340 g/mol. The molecule has 0 bridgehead atoms. The van der Waals surface area contributed by atoms with E-state index in [0.29, 0.717) is 28.3 Å². The van der Waals surface area contributed by atoms with Crippen LogP contribution in [0.15, 0.2) is 40.9 Å². The van der Waals surface area contributed by atoms with Crippen LogP contribution in [0.2, 0.25) is 0 Å². The highest BCUT2D eigenvalue weighted by molar-refractivity contribution is 6.04. The molecule has 0 aliphatic heterocycles. The second kappa shape index (κ2) is 7.34. The number of hydrogen-bond donors (Lipinski definition) is 0. The summed E-state index contributed by atoms with van der Waals surface area (Å²) in [5, 5.41) is 4.36. The lowest BCUT2D eigenvalue weighted by molar-refractivity contribution is 0.0602. The maximum Gasteiger partial charge on any atom is 0.338 e. The molecule has 2 heterocycles. The molecule has 0 amide bonds. The van der Waals surface area contributed by atoms with Gasteiger partial charge in [-0.15, -0.1) is 0 Å². The van der Waals surface area contributed by atoms with Gasteiger partial charge in [-0.05, 0) is 36.2 Å². The normalized spacial score (nSPS) is 13.1. The SMILES string of the molecule is CC.COC(=O)c1cc(C2CC2)nc2onc(Oc3ccccc3)c12. The molecule has 0 unspecified atom stereocenters. The molecule has 2 aromatic heterocycles. The molecule has 0 atom stereocenters. The predicted molar refractivity (Wildman–Crippen MR) is 93.0 cm³/mol. The smallest absolute Gasteiger partial charge is 0.338 e. The Hall–Kier alpha value is -2.89. The lowest BCUT2D eigenvalue weighted by Gasteiger charge is -2.05. The molecule has 0 saturated heterocycles. The second-order valence-corrected chi connectivity index (χ2v) is 5.44. The van der Waals surface area contributed by atoms with Crippen molar-refractivity contribution in [2.45, 2.75) is 32.6 Å². The Morgan fingerprint density at radius 2 is 1.92 bits per heavy atom. The Morgan fingerprint density at radius 3 is 2.56 bits per heavy atom. The zero-order chi connectivity index (χ0) is 17.8. The fourth-order valence-electron chi connectivity index (χ4n) is 2.47. The zero-order valence-electron chi connectivity index (χ0n) is 14.5. The van der Waals surface area contributed by atoms with Gasteiger partial charge in [-0.25, -0.2) is 9.78 Å². The second-order valence-electron chi connectivity index (χ2n) is 5.44. The number of esters is 1.